The first-order chi connectivity index (χ1) is 13.6. The average molecular weight is 379 g/mol. The molecule has 3 N–H and O–H groups in total. The molecule has 1 amide bonds. The Morgan fingerprint density at radius 2 is 1.93 bits per heavy atom. The van der Waals surface area contributed by atoms with Crippen LogP contribution >= 0.6 is 0 Å². The van der Waals surface area contributed by atoms with Crippen LogP contribution in [0.3, 0.4) is 0 Å². The lowest BCUT2D eigenvalue weighted by molar-refractivity contribution is 0.102. The van der Waals surface area contributed by atoms with Crippen LogP contribution in [0.1, 0.15) is 28.3 Å². The Morgan fingerprint density at radius 1 is 1.07 bits per heavy atom. The van der Waals surface area contributed by atoms with E-state index in [-0.39, 0.29) is 18.5 Å². The van der Waals surface area contributed by atoms with Crippen molar-refractivity contribution < 1.29 is 9.90 Å². The van der Waals surface area contributed by atoms with Gasteiger partial charge in [0.2, 0.25) is 5.95 Å². The quantitative estimate of drug-likeness (QED) is 0.532. The number of anilines is 2. The zero-order valence-corrected chi connectivity index (χ0v) is 15.7. The van der Waals surface area contributed by atoms with Crippen molar-refractivity contribution in [2.24, 2.45) is 0 Å². The molecule has 3 heterocycles. The highest BCUT2D eigenvalue weighted by atomic mass is 16.3. The summed E-state index contributed by atoms with van der Waals surface area (Å²) in [5, 5.41) is 14.6. The van der Waals surface area contributed by atoms with Crippen molar-refractivity contribution in [1.82, 2.24) is 24.9 Å². The van der Waals surface area contributed by atoms with Gasteiger partial charge in [0.1, 0.15) is 17.3 Å². The molecule has 0 radical (unpaired) electrons. The van der Waals surface area contributed by atoms with Crippen molar-refractivity contribution in [3.8, 4) is 11.5 Å². The fraction of sp³-hybridized carbons (Fsp3) is 0.263. The van der Waals surface area contributed by atoms with Gasteiger partial charge in [-0.3, -0.25) is 15.1 Å². The molecule has 0 spiro atoms. The number of amides is 1. The third-order valence-electron chi connectivity index (χ3n) is 3.84. The first-order valence-electron chi connectivity index (χ1n) is 8.84. The van der Waals surface area contributed by atoms with Crippen LogP contribution in [0, 0.1) is 13.8 Å². The fourth-order valence-corrected chi connectivity index (χ4v) is 2.51. The number of nitrogens with one attached hydrogen (secondary N) is 2. The molecular weight excluding hydrogens is 358 g/mol. The van der Waals surface area contributed by atoms with E-state index in [4.69, 9.17) is 5.11 Å². The van der Waals surface area contributed by atoms with Crippen LogP contribution in [0.25, 0.3) is 11.5 Å². The minimum atomic E-state index is -0.357. The van der Waals surface area contributed by atoms with Crippen LogP contribution in [-0.2, 0) is 0 Å². The van der Waals surface area contributed by atoms with Crippen LogP contribution in [0.5, 0.6) is 0 Å². The minimum Gasteiger partial charge on any atom is -0.396 e. The molecule has 0 atom stereocenters. The van der Waals surface area contributed by atoms with Gasteiger partial charge in [-0.25, -0.2) is 9.97 Å². The molecule has 3 aromatic heterocycles. The molecule has 0 bridgehead atoms. The van der Waals surface area contributed by atoms with E-state index in [1.54, 1.807) is 44.3 Å². The topological polar surface area (TPSA) is 126 Å². The number of carbonyl (C=O) groups is 1. The average Bonchev–Trinajstić information content (AvgIpc) is 2.68. The lowest BCUT2D eigenvalue weighted by Crippen LogP contribution is -2.17. The van der Waals surface area contributed by atoms with Gasteiger partial charge in [0, 0.05) is 19.3 Å². The highest BCUT2D eigenvalue weighted by Gasteiger charge is 2.14. The van der Waals surface area contributed by atoms with E-state index >= 15 is 0 Å². The summed E-state index contributed by atoms with van der Waals surface area (Å²) in [6, 6.07) is 8.84. The Labute approximate surface area is 162 Å². The molecule has 9 nitrogen and oxygen atoms in total. The zero-order valence-electron chi connectivity index (χ0n) is 15.7. The number of aliphatic hydroxyl groups is 1. The summed E-state index contributed by atoms with van der Waals surface area (Å²) in [5.41, 5.74) is 1.59. The first-order valence-corrected chi connectivity index (χ1v) is 8.84. The highest BCUT2D eigenvalue weighted by Crippen LogP contribution is 2.15. The Morgan fingerprint density at radius 3 is 2.64 bits per heavy atom. The number of hydrogen-bond donors (Lipinski definition) is 3. The van der Waals surface area contributed by atoms with Crippen molar-refractivity contribution >= 4 is 17.7 Å². The minimum absolute atomic E-state index is 0.109. The first kappa shape index (κ1) is 19.3. The Kier molecular flexibility index (Phi) is 6.18. The molecule has 28 heavy (non-hydrogen) atoms. The number of hydrogen-bond acceptors (Lipinski definition) is 8. The largest absolute Gasteiger partial charge is 0.396 e. The van der Waals surface area contributed by atoms with E-state index in [0.717, 1.165) is 0 Å². The van der Waals surface area contributed by atoms with Gasteiger partial charge in [0.25, 0.3) is 5.91 Å². The van der Waals surface area contributed by atoms with E-state index < -0.39 is 0 Å². The third kappa shape index (κ3) is 4.83. The predicted molar refractivity (Wildman–Crippen MR) is 105 cm³/mol. The van der Waals surface area contributed by atoms with E-state index in [0.29, 0.717) is 47.4 Å². The second kappa shape index (κ2) is 8.96. The summed E-state index contributed by atoms with van der Waals surface area (Å²) < 4.78 is 0. The summed E-state index contributed by atoms with van der Waals surface area (Å²) in [5.74, 6) is 1.31. The smallest absolute Gasteiger partial charge is 0.259 e. The summed E-state index contributed by atoms with van der Waals surface area (Å²) in [7, 11) is 0. The Bertz CT molecular complexity index is 964. The lowest BCUT2D eigenvalue weighted by atomic mass is 10.2. The molecule has 3 rings (SSSR count). The SMILES string of the molecule is Cc1nc(NC(=O)c2ccc(NCCCO)nc2C)nc(-c2ccccn2)n1. The number of nitrogens with zero attached hydrogens (tertiary/aromatic N) is 5. The molecule has 0 unspecified atom stereocenters. The highest BCUT2D eigenvalue weighted by molar-refractivity contribution is 6.04. The standard InChI is InChI=1S/C19H21N7O2/c1-12-14(7-8-16(22-12)21-10-5-11-27)18(28)26-19-24-13(2)23-17(25-19)15-6-3-4-9-20-15/h3-4,6-9,27H,5,10-11H2,1-2H3,(H,21,22)(H,23,24,25,26,28). The van der Waals surface area contributed by atoms with Crippen molar-refractivity contribution in [3.05, 3.63) is 53.6 Å². The van der Waals surface area contributed by atoms with Gasteiger partial charge in [-0.05, 0) is 44.5 Å². The molecule has 0 aromatic carbocycles. The second-order valence-corrected chi connectivity index (χ2v) is 6.03. The van der Waals surface area contributed by atoms with E-state index in [9.17, 15) is 4.79 Å². The molecule has 9 heteroatoms. The molecule has 0 aliphatic rings. The number of aryl methyl sites for hydroxylation is 2. The van der Waals surface area contributed by atoms with Gasteiger partial charge in [-0.15, -0.1) is 0 Å². The lowest BCUT2D eigenvalue weighted by Gasteiger charge is -2.10. The Hall–Kier alpha value is -3.46. The Balaban J connectivity index is 1.77. The van der Waals surface area contributed by atoms with Gasteiger partial charge in [0.15, 0.2) is 5.82 Å². The maximum Gasteiger partial charge on any atom is 0.259 e. The summed E-state index contributed by atoms with van der Waals surface area (Å²) in [6.45, 7) is 4.20. The molecular formula is C19H21N7O2. The van der Waals surface area contributed by atoms with Crippen LogP contribution < -0.4 is 10.6 Å². The van der Waals surface area contributed by atoms with Gasteiger partial charge in [-0.1, -0.05) is 6.07 Å². The van der Waals surface area contributed by atoms with E-state index in [2.05, 4.69) is 35.6 Å². The maximum atomic E-state index is 12.6. The second-order valence-electron chi connectivity index (χ2n) is 6.03. The van der Waals surface area contributed by atoms with Crippen molar-refractivity contribution in [1.29, 1.82) is 0 Å². The summed E-state index contributed by atoms with van der Waals surface area (Å²) in [4.78, 5) is 34.0. The number of pyridine rings is 2. The molecule has 0 aliphatic carbocycles. The number of rotatable bonds is 7. The molecule has 3 aromatic rings. The van der Waals surface area contributed by atoms with E-state index in [1.165, 1.54) is 0 Å². The normalized spacial score (nSPS) is 10.5. The van der Waals surface area contributed by atoms with Crippen molar-refractivity contribution in [2.75, 3.05) is 23.8 Å². The van der Waals surface area contributed by atoms with Crippen molar-refractivity contribution in [3.63, 3.8) is 0 Å². The van der Waals surface area contributed by atoms with Gasteiger partial charge >= 0.3 is 0 Å². The van der Waals surface area contributed by atoms with Crippen LogP contribution in [0.15, 0.2) is 36.5 Å². The molecule has 144 valence electrons. The van der Waals surface area contributed by atoms with Gasteiger partial charge in [0.05, 0.1) is 11.3 Å². The third-order valence-corrected chi connectivity index (χ3v) is 3.84. The molecule has 0 aliphatic heterocycles. The van der Waals surface area contributed by atoms with Crippen LogP contribution in [-0.4, -0.2) is 49.1 Å². The van der Waals surface area contributed by atoms with Crippen LogP contribution in [0.4, 0.5) is 11.8 Å². The molecule has 0 saturated heterocycles. The molecule has 0 saturated carbocycles. The fourth-order valence-electron chi connectivity index (χ4n) is 2.51. The van der Waals surface area contributed by atoms with Crippen molar-refractivity contribution in [2.45, 2.75) is 20.3 Å². The number of aromatic nitrogens is 5. The molecule has 0 fully saturated rings. The van der Waals surface area contributed by atoms with Crippen LogP contribution in [0.2, 0.25) is 0 Å². The van der Waals surface area contributed by atoms with Gasteiger partial charge < -0.3 is 10.4 Å². The predicted octanol–water partition coefficient (Wildman–Crippen LogP) is 1.99. The van der Waals surface area contributed by atoms with E-state index in [1.807, 2.05) is 6.07 Å². The maximum absolute atomic E-state index is 12.6. The monoisotopic (exact) mass is 379 g/mol. The number of carbonyl (C=O) groups excluding carboxylic acids is 1. The van der Waals surface area contributed by atoms with Gasteiger partial charge in [-0.2, -0.15) is 9.97 Å². The summed E-state index contributed by atoms with van der Waals surface area (Å²) >= 11 is 0. The summed E-state index contributed by atoms with van der Waals surface area (Å²) in [6.07, 6.45) is 2.28. The zero-order chi connectivity index (χ0) is 19.9. The number of aliphatic hydroxyl groups excluding tert-OH is 1.